The SMILES string of the molecule is COc1ccc(CN(Cc2ccc(OC)cc2)S(=O)(=O)c2ccc3c(c2)N(C[C@@H]2CC[C@H]2CSc2cccc(CC(C)=O)c2)C[C@@]2(CCCc4cc(Cl)ccc42)CO3)cc1. The summed E-state index contributed by atoms with van der Waals surface area (Å²) in [6.07, 6.45) is 5.67. The zero-order valence-corrected chi connectivity index (χ0v) is 37.0. The Morgan fingerprint density at radius 3 is 2.22 bits per heavy atom. The van der Waals surface area contributed by atoms with E-state index < -0.39 is 10.0 Å². The van der Waals surface area contributed by atoms with E-state index in [2.05, 4.69) is 29.2 Å². The Kier molecular flexibility index (Phi) is 12.8. The molecule has 5 aromatic carbocycles. The summed E-state index contributed by atoms with van der Waals surface area (Å²) in [5.41, 5.74) is 5.84. The molecule has 60 heavy (non-hydrogen) atoms. The van der Waals surface area contributed by atoms with Crippen molar-refractivity contribution in [2.75, 3.05) is 44.6 Å². The zero-order chi connectivity index (χ0) is 41.9. The molecule has 0 amide bonds. The molecule has 2 aliphatic carbocycles. The minimum absolute atomic E-state index is 0.164. The number of carbonyl (C=O) groups excluding carboxylic acids is 1. The number of thioether (sulfide) groups is 1. The molecule has 1 heterocycles. The predicted octanol–water partition coefficient (Wildman–Crippen LogP) is 10.2. The van der Waals surface area contributed by atoms with E-state index in [0.717, 1.165) is 71.8 Å². The fourth-order valence-electron chi connectivity index (χ4n) is 9.12. The summed E-state index contributed by atoms with van der Waals surface area (Å²) < 4.78 is 49.1. The van der Waals surface area contributed by atoms with Crippen molar-refractivity contribution in [2.45, 2.75) is 73.7 Å². The third-order valence-corrected chi connectivity index (χ3v) is 15.7. The number of methoxy groups -OCH3 is 2. The average Bonchev–Trinajstić information content (AvgIpc) is 3.39. The highest BCUT2D eigenvalue weighted by Gasteiger charge is 2.44. The van der Waals surface area contributed by atoms with Crippen molar-refractivity contribution >= 4 is 44.9 Å². The van der Waals surface area contributed by atoms with Gasteiger partial charge in [0, 0.05) is 53.7 Å². The molecular formula is C49H53ClN2O6S2. The van der Waals surface area contributed by atoms with Crippen LogP contribution in [-0.4, -0.2) is 58.2 Å². The molecule has 3 aliphatic rings. The lowest BCUT2D eigenvalue weighted by atomic mass is 9.69. The average molecular weight is 866 g/mol. The van der Waals surface area contributed by atoms with Gasteiger partial charge in [-0.2, -0.15) is 4.31 Å². The first-order valence-corrected chi connectivity index (χ1v) is 23.6. The quantitative estimate of drug-likeness (QED) is 0.0963. The van der Waals surface area contributed by atoms with Gasteiger partial charge in [0.15, 0.2) is 0 Å². The zero-order valence-electron chi connectivity index (χ0n) is 34.6. The van der Waals surface area contributed by atoms with Crippen LogP contribution in [-0.2, 0) is 46.2 Å². The Bertz CT molecular complexity index is 2380. The molecule has 0 bridgehead atoms. The van der Waals surface area contributed by atoms with Gasteiger partial charge in [-0.05, 0) is 145 Å². The Balaban J connectivity index is 1.12. The number of ether oxygens (including phenoxy) is 3. The van der Waals surface area contributed by atoms with Crippen molar-refractivity contribution in [2.24, 2.45) is 11.8 Å². The van der Waals surface area contributed by atoms with Crippen LogP contribution in [0.15, 0.2) is 119 Å². The molecule has 314 valence electrons. The van der Waals surface area contributed by atoms with E-state index in [-0.39, 0.29) is 29.2 Å². The molecule has 1 spiro atoms. The first-order chi connectivity index (χ1) is 29.0. The van der Waals surface area contributed by atoms with Gasteiger partial charge in [-0.25, -0.2) is 8.42 Å². The molecule has 1 aliphatic heterocycles. The number of hydrogen-bond donors (Lipinski definition) is 0. The Morgan fingerprint density at radius 2 is 1.57 bits per heavy atom. The van der Waals surface area contributed by atoms with E-state index in [1.807, 2.05) is 90.6 Å². The van der Waals surface area contributed by atoms with Gasteiger partial charge >= 0.3 is 0 Å². The van der Waals surface area contributed by atoms with Gasteiger partial charge in [-0.1, -0.05) is 54.1 Å². The fourth-order valence-corrected chi connectivity index (χ4v) is 12.0. The lowest BCUT2D eigenvalue weighted by Gasteiger charge is -2.44. The number of hydrogen-bond acceptors (Lipinski definition) is 8. The molecule has 8 nitrogen and oxygen atoms in total. The second-order valence-electron chi connectivity index (χ2n) is 16.6. The number of halogens is 1. The third kappa shape index (κ3) is 9.37. The van der Waals surface area contributed by atoms with E-state index in [1.165, 1.54) is 16.0 Å². The number of ketones is 1. The Morgan fingerprint density at radius 1 is 0.867 bits per heavy atom. The van der Waals surface area contributed by atoms with Gasteiger partial charge in [-0.3, -0.25) is 4.79 Å². The van der Waals surface area contributed by atoms with E-state index in [1.54, 1.807) is 31.5 Å². The normalized spacial score (nSPS) is 19.8. The van der Waals surface area contributed by atoms with E-state index in [0.29, 0.717) is 48.7 Å². The highest BCUT2D eigenvalue weighted by atomic mass is 35.5. The number of aryl methyl sites for hydroxylation is 1. The summed E-state index contributed by atoms with van der Waals surface area (Å²) >= 11 is 8.40. The van der Waals surface area contributed by atoms with Gasteiger partial charge in [-0.15, -0.1) is 11.8 Å². The van der Waals surface area contributed by atoms with Crippen LogP contribution < -0.4 is 19.1 Å². The third-order valence-electron chi connectivity index (χ3n) is 12.5. The molecule has 0 unspecified atom stereocenters. The van der Waals surface area contributed by atoms with E-state index in [4.69, 9.17) is 25.8 Å². The highest BCUT2D eigenvalue weighted by Crippen LogP contribution is 2.47. The molecule has 1 saturated carbocycles. The number of rotatable bonds is 15. The number of sulfonamides is 1. The van der Waals surface area contributed by atoms with Crippen LogP contribution in [0.5, 0.6) is 17.2 Å². The molecular weight excluding hydrogens is 812 g/mol. The number of Topliss-reactive ketones (excluding diaryl/α,β-unsaturated/α-hetero) is 1. The van der Waals surface area contributed by atoms with Crippen molar-refractivity contribution in [3.05, 3.63) is 142 Å². The van der Waals surface area contributed by atoms with Crippen molar-refractivity contribution in [1.29, 1.82) is 0 Å². The number of fused-ring (bicyclic) bond motifs is 3. The van der Waals surface area contributed by atoms with Gasteiger partial charge < -0.3 is 19.1 Å². The second kappa shape index (κ2) is 18.2. The Hall–Kier alpha value is -4.48. The molecule has 0 radical (unpaired) electrons. The first kappa shape index (κ1) is 42.2. The van der Waals surface area contributed by atoms with Gasteiger partial charge in [0.1, 0.15) is 23.0 Å². The van der Waals surface area contributed by atoms with Crippen molar-refractivity contribution < 1.29 is 27.4 Å². The summed E-state index contributed by atoms with van der Waals surface area (Å²) in [5.74, 6) is 4.20. The van der Waals surface area contributed by atoms with Gasteiger partial charge in [0.25, 0.3) is 0 Å². The van der Waals surface area contributed by atoms with Crippen LogP contribution >= 0.6 is 23.4 Å². The molecule has 0 N–H and O–H groups in total. The maximum Gasteiger partial charge on any atom is 0.243 e. The lowest BCUT2D eigenvalue weighted by Crippen LogP contribution is -2.48. The first-order valence-electron chi connectivity index (χ1n) is 20.8. The summed E-state index contributed by atoms with van der Waals surface area (Å²) in [6.45, 7) is 3.99. The smallest absolute Gasteiger partial charge is 0.243 e. The van der Waals surface area contributed by atoms with Crippen LogP contribution in [0.2, 0.25) is 5.02 Å². The summed E-state index contributed by atoms with van der Waals surface area (Å²) in [6, 6.07) is 35.1. The number of nitrogens with zero attached hydrogens (tertiary/aromatic N) is 2. The second-order valence-corrected chi connectivity index (χ2v) is 20.1. The molecule has 5 aromatic rings. The molecule has 8 rings (SSSR count). The summed E-state index contributed by atoms with van der Waals surface area (Å²) in [4.78, 5) is 15.7. The van der Waals surface area contributed by atoms with Crippen LogP contribution in [0.4, 0.5) is 5.69 Å². The molecule has 11 heteroatoms. The topological polar surface area (TPSA) is 85.4 Å². The summed E-state index contributed by atoms with van der Waals surface area (Å²) in [7, 11) is -0.779. The minimum atomic E-state index is -4.02. The monoisotopic (exact) mass is 864 g/mol. The van der Waals surface area contributed by atoms with Crippen molar-refractivity contribution in [3.63, 3.8) is 0 Å². The number of carbonyl (C=O) groups is 1. The van der Waals surface area contributed by atoms with Gasteiger partial charge in [0.2, 0.25) is 10.0 Å². The number of benzene rings is 5. The van der Waals surface area contributed by atoms with E-state index in [9.17, 15) is 13.2 Å². The van der Waals surface area contributed by atoms with E-state index >= 15 is 0 Å². The predicted molar refractivity (Wildman–Crippen MR) is 240 cm³/mol. The van der Waals surface area contributed by atoms with Crippen molar-refractivity contribution in [3.8, 4) is 17.2 Å². The molecule has 3 atom stereocenters. The van der Waals surface area contributed by atoms with Crippen LogP contribution in [0.25, 0.3) is 0 Å². The largest absolute Gasteiger partial charge is 0.497 e. The summed E-state index contributed by atoms with van der Waals surface area (Å²) in [5, 5.41) is 0.741. The molecule has 1 fully saturated rings. The standard InChI is InChI=1S/C49H53ClN2O6S2/c1-34(53)24-37-6-4-8-44(25-37)59-31-40-14-13-39(40)30-51-32-49(23-5-7-38-26-41(50)15-21-46(38)49)33-58-48-22-20-45(27-47(48)51)60(54,55)52(28-35-9-16-42(56-2)17-10-35)29-36-11-18-43(57-3)19-12-36/h4,6,8-12,15-22,25-27,39-40H,5,7,13-14,23-24,28-33H2,1-3H3/t39-,40-,49-/m0/s1. The molecule has 0 saturated heterocycles. The minimum Gasteiger partial charge on any atom is -0.497 e. The van der Waals surface area contributed by atoms with Gasteiger partial charge in [0.05, 0.1) is 31.4 Å². The lowest BCUT2D eigenvalue weighted by molar-refractivity contribution is -0.116. The number of anilines is 1. The highest BCUT2D eigenvalue weighted by molar-refractivity contribution is 7.99. The maximum atomic E-state index is 15.0. The van der Waals surface area contributed by atoms with Crippen LogP contribution in [0, 0.1) is 11.8 Å². The Labute approximate surface area is 364 Å². The van der Waals surface area contributed by atoms with Crippen molar-refractivity contribution in [1.82, 2.24) is 4.31 Å². The fraction of sp³-hybridized carbons (Fsp3) is 0.367. The maximum absolute atomic E-state index is 15.0. The van der Waals surface area contributed by atoms with Crippen LogP contribution in [0.3, 0.4) is 0 Å². The van der Waals surface area contributed by atoms with Crippen LogP contribution in [0.1, 0.15) is 60.4 Å². The molecule has 0 aromatic heterocycles.